The molecule has 1 saturated carbocycles. The van der Waals surface area contributed by atoms with Crippen molar-refractivity contribution >= 4 is 11.9 Å². The van der Waals surface area contributed by atoms with Crippen LogP contribution >= 0.6 is 0 Å². The summed E-state index contributed by atoms with van der Waals surface area (Å²) in [5, 5.41) is 8.98. The van der Waals surface area contributed by atoms with Crippen LogP contribution in [0.2, 0.25) is 0 Å². The molecule has 6 heteroatoms. The molecule has 3 unspecified atom stereocenters. The molecule has 3 atom stereocenters. The molecule has 0 spiro atoms. The van der Waals surface area contributed by atoms with Crippen LogP contribution in [0.5, 0.6) is 0 Å². The van der Waals surface area contributed by atoms with Crippen LogP contribution in [0.25, 0.3) is 0 Å². The van der Waals surface area contributed by atoms with E-state index >= 15 is 0 Å². The van der Waals surface area contributed by atoms with Gasteiger partial charge < -0.3 is 19.5 Å². The standard InChI is InChI=1S/C18H23NO5/c1-23-16-4-2-3-14(16)15-11-24-10-9-19(15)17(20)12-5-7-13(8-6-12)18(21)22/h5-8,14-16H,2-4,9-11H2,1H3,(H,21,22). The second-order valence-electron chi connectivity index (χ2n) is 6.39. The SMILES string of the molecule is COC1CCCC1C1COCCN1C(=O)c1ccc(C(=O)O)cc1. The second kappa shape index (κ2) is 7.32. The third-order valence-electron chi connectivity index (χ3n) is 5.11. The van der Waals surface area contributed by atoms with Crippen LogP contribution in [-0.2, 0) is 9.47 Å². The maximum Gasteiger partial charge on any atom is 0.335 e. The van der Waals surface area contributed by atoms with Gasteiger partial charge in [0.05, 0.1) is 30.9 Å². The molecule has 1 amide bonds. The third kappa shape index (κ3) is 3.30. The number of aromatic carboxylic acids is 1. The summed E-state index contributed by atoms with van der Waals surface area (Å²) in [4.78, 5) is 25.8. The van der Waals surface area contributed by atoms with Crippen molar-refractivity contribution in [1.82, 2.24) is 4.90 Å². The van der Waals surface area contributed by atoms with Gasteiger partial charge in [0.25, 0.3) is 5.91 Å². The smallest absolute Gasteiger partial charge is 0.335 e. The van der Waals surface area contributed by atoms with Crippen molar-refractivity contribution in [1.29, 1.82) is 0 Å². The minimum Gasteiger partial charge on any atom is -0.478 e. The minimum absolute atomic E-state index is 0.0119. The van der Waals surface area contributed by atoms with Crippen molar-refractivity contribution in [2.24, 2.45) is 5.92 Å². The van der Waals surface area contributed by atoms with Gasteiger partial charge in [0.15, 0.2) is 0 Å². The number of nitrogens with zero attached hydrogens (tertiary/aromatic N) is 1. The minimum atomic E-state index is -0.993. The first-order valence-electron chi connectivity index (χ1n) is 8.36. The monoisotopic (exact) mass is 333 g/mol. The molecular weight excluding hydrogens is 310 g/mol. The number of methoxy groups -OCH3 is 1. The molecule has 0 radical (unpaired) electrons. The molecule has 1 N–H and O–H groups in total. The highest BCUT2D eigenvalue weighted by molar-refractivity contribution is 5.96. The molecule has 2 fully saturated rings. The van der Waals surface area contributed by atoms with Crippen LogP contribution in [-0.4, -0.2) is 60.9 Å². The summed E-state index contributed by atoms with van der Waals surface area (Å²) >= 11 is 0. The molecule has 6 nitrogen and oxygen atoms in total. The fourth-order valence-electron chi connectivity index (χ4n) is 3.84. The zero-order valence-corrected chi connectivity index (χ0v) is 13.8. The third-order valence-corrected chi connectivity index (χ3v) is 5.11. The number of carbonyl (C=O) groups is 2. The Kier molecular flexibility index (Phi) is 5.16. The predicted molar refractivity (Wildman–Crippen MR) is 87.2 cm³/mol. The first-order valence-corrected chi connectivity index (χ1v) is 8.36. The molecule has 3 rings (SSSR count). The van der Waals surface area contributed by atoms with Gasteiger partial charge in [0, 0.05) is 25.1 Å². The normalized spacial score (nSPS) is 27.2. The Hall–Kier alpha value is -1.92. The van der Waals surface area contributed by atoms with E-state index in [1.54, 1.807) is 19.2 Å². The van der Waals surface area contributed by atoms with Crippen molar-refractivity contribution in [2.75, 3.05) is 26.9 Å². The molecule has 1 aromatic rings. The Morgan fingerprint density at radius 2 is 1.92 bits per heavy atom. The van der Waals surface area contributed by atoms with Gasteiger partial charge in [-0.25, -0.2) is 4.79 Å². The van der Waals surface area contributed by atoms with E-state index in [0.717, 1.165) is 19.3 Å². The Bertz CT molecular complexity index is 600. The van der Waals surface area contributed by atoms with Gasteiger partial charge >= 0.3 is 5.97 Å². The fraction of sp³-hybridized carbons (Fsp3) is 0.556. The number of carboxylic acids is 1. The van der Waals surface area contributed by atoms with Gasteiger partial charge in [0.2, 0.25) is 0 Å². The summed E-state index contributed by atoms with van der Waals surface area (Å²) in [5.74, 6) is -0.772. The van der Waals surface area contributed by atoms with E-state index < -0.39 is 5.97 Å². The Labute approximate surface area is 141 Å². The number of carboxylic acid groups (broad SMARTS) is 1. The highest BCUT2D eigenvalue weighted by Gasteiger charge is 2.40. The lowest BCUT2D eigenvalue weighted by Crippen LogP contribution is -2.53. The topological polar surface area (TPSA) is 76.1 Å². The van der Waals surface area contributed by atoms with Crippen molar-refractivity contribution in [3.63, 3.8) is 0 Å². The quantitative estimate of drug-likeness (QED) is 0.912. The number of ether oxygens (including phenoxy) is 2. The van der Waals surface area contributed by atoms with Crippen LogP contribution in [0.1, 0.15) is 40.0 Å². The molecule has 1 aliphatic heterocycles. The van der Waals surface area contributed by atoms with E-state index in [2.05, 4.69) is 0 Å². The largest absolute Gasteiger partial charge is 0.478 e. The molecule has 1 aromatic carbocycles. The fourth-order valence-corrected chi connectivity index (χ4v) is 3.84. The van der Waals surface area contributed by atoms with Gasteiger partial charge in [-0.1, -0.05) is 6.42 Å². The molecule has 1 aliphatic carbocycles. The molecule has 130 valence electrons. The van der Waals surface area contributed by atoms with Crippen LogP contribution in [0.15, 0.2) is 24.3 Å². The number of morpholine rings is 1. The summed E-state index contributed by atoms with van der Waals surface area (Å²) in [6.45, 7) is 1.61. The molecule has 0 aromatic heterocycles. The number of amides is 1. The average Bonchev–Trinajstić information content (AvgIpc) is 3.09. The molecular formula is C18H23NO5. The first kappa shape index (κ1) is 16.9. The van der Waals surface area contributed by atoms with Crippen LogP contribution in [0.3, 0.4) is 0 Å². The Morgan fingerprint density at radius 1 is 1.21 bits per heavy atom. The van der Waals surface area contributed by atoms with Crippen LogP contribution < -0.4 is 0 Å². The van der Waals surface area contributed by atoms with Gasteiger partial charge in [-0.15, -0.1) is 0 Å². The molecule has 1 saturated heterocycles. The van der Waals surface area contributed by atoms with Crippen molar-refractivity contribution < 1.29 is 24.2 Å². The zero-order valence-electron chi connectivity index (χ0n) is 13.8. The zero-order chi connectivity index (χ0) is 17.1. The van der Waals surface area contributed by atoms with E-state index in [1.807, 2.05) is 4.90 Å². The summed E-state index contributed by atoms with van der Waals surface area (Å²) in [6.07, 6.45) is 3.33. The van der Waals surface area contributed by atoms with E-state index in [9.17, 15) is 9.59 Å². The van der Waals surface area contributed by atoms with Gasteiger partial charge in [0.1, 0.15) is 0 Å². The summed E-state index contributed by atoms with van der Waals surface area (Å²) in [7, 11) is 1.73. The summed E-state index contributed by atoms with van der Waals surface area (Å²) in [5.41, 5.74) is 0.694. The van der Waals surface area contributed by atoms with E-state index in [-0.39, 0.29) is 29.5 Å². The Morgan fingerprint density at radius 3 is 2.58 bits per heavy atom. The molecule has 2 aliphatic rings. The number of rotatable bonds is 4. The lowest BCUT2D eigenvalue weighted by molar-refractivity contribution is -0.0460. The maximum absolute atomic E-state index is 12.9. The van der Waals surface area contributed by atoms with Gasteiger partial charge in [-0.3, -0.25) is 4.79 Å². The van der Waals surface area contributed by atoms with Gasteiger partial charge in [-0.05, 0) is 37.1 Å². The lowest BCUT2D eigenvalue weighted by atomic mass is 9.93. The molecule has 1 heterocycles. The van der Waals surface area contributed by atoms with Crippen LogP contribution in [0, 0.1) is 5.92 Å². The highest BCUT2D eigenvalue weighted by Crippen LogP contribution is 2.34. The highest BCUT2D eigenvalue weighted by atomic mass is 16.5. The second-order valence-corrected chi connectivity index (χ2v) is 6.39. The average molecular weight is 333 g/mol. The molecule has 0 bridgehead atoms. The van der Waals surface area contributed by atoms with E-state index in [4.69, 9.17) is 14.6 Å². The first-order chi connectivity index (χ1) is 11.6. The summed E-state index contributed by atoms with van der Waals surface area (Å²) in [6, 6.07) is 6.12. The van der Waals surface area contributed by atoms with Crippen LogP contribution in [0.4, 0.5) is 0 Å². The van der Waals surface area contributed by atoms with E-state index in [1.165, 1.54) is 12.1 Å². The lowest BCUT2D eigenvalue weighted by Gasteiger charge is -2.40. The van der Waals surface area contributed by atoms with E-state index in [0.29, 0.717) is 25.3 Å². The van der Waals surface area contributed by atoms with Crippen molar-refractivity contribution in [3.8, 4) is 0 Å². The number of hydrogen-bond acceptors (Lipinski definition) is 4. The molecule has 24 heavy (non-hydrogen) atoms. The van der Waals surface area contributed by atoms with Gasteiger partial charge in [-0.2, -0.15) is 0 Å². The number of benzene rings is 1. The predicted octanol–water partition coefficient (Wildman–Crippen LogP) is 2.04. The Balaban J connectivity index is 1.79. The number of carbonyl (C=O) groups excluding carboxylic acids is 1. The van der Waals surface area contributed by atoms with Crippen molar-refractivity contribution in [2.45, 2.75) is 31.4 Å². The number of hydrogen-bond donors (Lipinski definition) is 1. The maximum atomic E-state index is 12.9. The van der Waals surface area contributed by atoms with Crippen molar-refractivity contribution in [3.05, 3.63) is 35.4 Å². The summed E-state index contributed by atoms with van der Waals surface area (Å²) < 4.78 is 11.2.